The summed E-state index contributed by atoms with van der Waals surface area (Å²) in [6.07, 6.45) is 1.55. The Morgan fingerprint density at radius 3 is 2.40 bits per heavy atom. The quantitative estimate of drug-likeness (QED) is 0.562. The van der Waals surface area contributed by atoms with Gasteiger partial charge in [-0.1, -0.05) is 17.3 Å². The first kappa shape index (κ1) is 18.3. The number of amides is 1. The molecule has 1 N–H and O–H groups in total. The van der Waals surface area contributed by atoms with Crippen molar-refractivity contribution in [1.82, 2.24) is 5.32 Å². The molecule has 0 saturated heterocycles. The maximum atomic E-state index is 11.7. The largest absolute Gasteiger partial charge is 0.497 e. The van der Waals surface area contributed by atoms with Crippen LogP contribution < -0.4 is 14.8 Å². The maximum Gasteiger partial charge on any atom is 0.261 e. The highest BCUT2D eigenvalue weighted by Gasteiger charge is 2.02. The molecule has 0 radical (unpaired) electrons. The van der Waals surface area contributed by atoms with Gasteiger partial charge in [0.2, 0.25) is 0 Å². The van der Waals surface area contributed by atoms with Gasteiger partial charge in [-0.25, -0.2) is 0 Å². The van der Waals surface area contributed by atoms with E-state index in [-0.39, 0.29) is 12.5 Å². The summed E-state index contributed by atoms with van der Waals surface area (Å²) in [6, 6.07) is 14.9. The number of hydrogen-bond acceptors (Lipinski definition) is 5. The molecule has 0 bridgehead atoms. The third kappa shape index (κ3) is 6.55. The standard InChI is InChI=1S/C19H22N2O4/c1-3-24-18-10-6-16(7-11-18)13-21-25-14-19(22)20-12-15-4-8-17(23-2)9-5-15/h4-11,13H,3,12,14H2,1-2H3,(H,20,22)/b21-13-. The average molecular weight is 342 g/mol. The zero-order valence-electron chi connectivity index (χ0n) is 14.4. The monoisotopic (exact) mass is 342 g/mol. The van der Waals surface area contributed by atoms with E-state index >= 15 is 0 Å². The Labute approximate surface area is 147 Å². The Kier molecular flexibility index (Phi) is 7.31. The molecule has 0 saturated carbocycles. The highest BCUT2D eigenvalue weighted by Crippen LogP contribution is 2.11. The number of methoxy groups -OCH3 is 1. The van der Waals surface area contributed by atoms with Crippen LogP contribution in [0.5, 0.6) is 11.5 Å². The molecule has 0 fully saturated rings. The Morgan fingerprint density at radius 2 is 1.76 bits per heavy atom. The Bertz CT molecular complexity index is 682. The number of nitrogens with zero attached hydrogens (tertiary/aromatic N) is 1. The number of oxime groups is 1. The van der Waals surface area contributed by atoms with Gasteiger partial charge in [0.15, 0.2) is 6.61 Å². The van der Waals surface area contributed by atoms with E-state index in [0.29, 0.717) is 13.2 Å². The Morgan fingerprint density at radius 1 is 1.08 bits per heavy atom. The second-order valence-corrected chi connectivity index (χ2v) is 5.13. The number of ether oxygens (including phenoxy) is 2. The van der Waals surface area contributed by atoms with Gasteiger partial charge in [-0.2, -0.15) is 0 Å². The molecular weight excluding hydrogens is 320 g/mol. The van der Waals surface area contributed by atoms with Crippen molar-refractivity contribution in [3.63, 3.8) is 0 Å². The van der Waals surface area contributed by atoms with Crippen molar-refractivity contribution in [2.45, 2.75) is 13.5 Å². The van der Waals surface area contributed by atoms with Crippen LogP contribution in [-0.2, 0) is 16.2 Å². The lowest BCUT2D eigenvalue weighted by atomic mass is 10.2. The van der Waals surface area contributed by atoms with E-state index in [9.17, 15) is 4.79 Å². The summed E-state index contributed by atoms with van der Waals surface area (Å²) in [5.41, 5.74) is 1.84. The fraction of sp³-hybridized carbons (Fsp3) is 0.263. The topological polar surface area (TPSA) is 69.2 Å². The fourth-order valence-corrected chi connectivity index (χ4v) is 2.01. The normalized spacial score (nSPS) is 10.5. The van der Waals surface area contributed by atoms with E-state index in [1.807, 2.05) is 55.5 Å². The van der Waals surface area contributed by atoms with E-state index in [0.717, 1.165) is 22.6 Å². The predicted octanol–water partition coefficient (Wildman–Crippen LogP) is 2.76. The molecule has 0 spiro atoms. The lowest BCUT2D eigenvalue weighted by Crippen LogP contribution is -2.26. The van der Waals surface area contributed by atoms with Crippen LogP contribution in [0.15, 0.2) is 53.7 Å². The summed E-state index contributed by atoms with van der Waals surface area (Å²) in [7, 11) is 1.61. The summed E-state index contributed by atoms with van der Waals surface area (Å²) in [5.74, 6) is 1.35. The number of nitrogens with one attached hydrogen (secondary N) is 1. The minimum absolute atomic E-state index is 0.135. The summed E-state index contributed by atoms with van der Waals surface area (Å²) in [6.45, 7) is 2.85. The van der Waals surface area contributed by atoms with Crippen LogP contribution >= 0.6 is 0 Å². The third-order valence-electron chi connectivity index (χ3n) is 3.31. The molecule has 132 valence electrons. The van der Waals surface area contributed by atoms with Gasteiger partial charge in [-0.3, -0.25) is 4.79 Å². The first-order chi connectivity index (χ1) is 12.2. The van der Waals surface area contributed by atoms with Gasteiger partial charge >= 0.3 is 0 Å². The molecule has 0 heterocycles. The van der Waals surface area contributed by atoms with Gasteiger partial charge in [0.05, 0.1) is 19.9 Å². The van der Waals surface area contributed by atoms with Gasteiger partial charge in [-0.15, -0.1) is 0 Å². The van der Waals surface area contributed by atoms with E-state index in [1.54, 1.807) is 13.3 Å². The molecular formula is C19H22N2O4. The molecule has 2 aromatic carbocycles. The molecule has 0 aliphatic carbocycles. The van der Waals surface area contributed by atoms with Gasteiger partial charge in [0, 0.05) is 6.54 Å². The zero-order valence-corrected chi connectivity index (χ0v) is 14.4. The molecule has 2 aromatic rings. The van der Waals surface area contributed by atoms with Crippen molar-refractivity contribution >= 4 is 12.1 Å². The molecule has 0 aliphatic heterocycles. The van der Waals surface area contributed by atoms with Crippen molar-refractivity contribution in [3.8, 4) is 11.5 Å². The smallest absolute Gasteiger partial charge is 0.261 e. The lowest BCUT2D eigenvalue weighted by molar-refractivity contribution is -0.125. The number of benzene rings is 2. The summed E-state index contributed by atoms with van der Waals surface area (Å²) >= 11 is 0. The maximum absolute atomic E-state index is 11.7. The first-order valence-electron chi connectivity index (χ1n) is 7.99. The molecule has 6 heteroatoms. The van der Waals surface area contributed by atoms with Crippen LogP contribution in [0.1, 0.15) is 18.1 Å². The minimum Gasteiger partial charge on any atom is -0.497 e. The van der Waals surface area contributed by atoms with Crippen LogP contribution in [0, 0.1) is 0 Å². The molecule has 25 heavy (non-hydrogen) atoms. The van der Waals surface area contributed by atoms with Crippen LogP contribution in [0.4, 0.5) is 0 Å². The van der Waals surface area contributed by atoms with Gasteiger partial charge < -0.3 is 19.6 Å². The van der Waals surface area contributed by atoms with Gasteiger partial charge in [0.25, 0.3) is 5.91 Å². The fourth-order valence-electron chi connectivity index (χ4n) is 2.01. The average Bonchev–Trinajstić information content (AvgIpc) is 2.65. The number of carbonyl (C=O) groups excluding carboxylic acids is 1. The second kappa shape index (κ2) is 9.97. The highest BCUT2D eigenvalue weighted by atomic mass is 16.6. The molecule has 0 aliphatic rings. The predicted molar refractivity (Wildman–Crippen MR) is 96.0 cm³/mol. The molecule has 0 unspecified atom stereocenters. The number of hydrogen-bond donors (Lipinski definition) is 1. The first-order valence-corrected chi connectivity index (χ1v) is 7.99. The van der Waals surface area contributed by atoms with Gasteiger partial charge in [0.1, 0.15) is 11.5 Å². The molecule has 6 nitrogen and oxygen atoms in total. The third-order valence-corrected chi connectivity index (χ3v) is 3.31. The Hall–Kier alpha value is -3.02. The van der Waals surface area contributed by atoms with Crippen molar-refractivity contribution < 1.29 is 19.1 Å². The zero-order chi connectivity index (χ0) is 17.9. The summed E-state index contributed by atoms with van der Waals surface area (Å²) in [4.78, 5) is 16.7. The summed E-state index contributed by atoms with van der Waals surface area (Å²) < 4.78 is 10.4. The van der Waals surface area contributed by atoms with Crippen LogP contribution in [0.25, 0.3) is 0 Å². The number of rotatable bonds is 9. The lowest BCUT2D eigenvalue weighted by Gasteiger charge is -2.05. The van der Waals surface area contributed by atoms with E-state index in [2.05, 4.69) is 10.5 Å². The van der Waals surface area contributed by atoms with Crippen molar-refractivity contribution in [2.24, 2.45) is 5.16 Å². The van der Waals surface area contributed by atoms with Crippen molar-refractivity contribution in [2.75, 3.05) is 20.3 Å². The minimum atomic E-state index is -0.236. The van der Waals surface area contributed by atoms with E-state index < -0.39 is 0 Å². The summed E-state index contributed by atoms with van der Waals surface area (Å²) in [5, 5.41) is 6.55. The van der Waals surface area contributed by atoms with E-state index in [1.165, 1.54) is 0 Å². The molecule has 0 atom stereocenters. The molecule has 0 aromatic heterocycles. The van der Waals surface area contributed by atoms with Crippen molar-refractivity contribution in [1.29, 1.82) is 0 Å². The number of carbonyl (C=O) groups is 1. The van der Waals surface area contributed by atoms with Crippen LogP contribution in [-0.4, -0.2) is 32.4 Å². The van der Waals surface area contributed by atoms with Crippen LogP contribution in [0.2, 0.25) is 0 Å². The second-order valence-electron chi connectivity index (χ2n) is 5.13. The molecule has 2 rings (SSSR count). The Balaban J connectivity index is 1.68. The van der Waals surface area contributed by atoms with Crippen LogP contribution in [0.3, 0.4) is 0 Å². The highest BCUT2D eigenvalue weighted by molar-refractivity contribution is 5.80. The van der Waals surface area contributed by atoms with E-state index in [4.69, 9.17) is 14.3 Å². The SMILES string of the molecule is CCOc1ccc(/C=N\OCC(=O)NCc2ccc(OC)cc2)cc1. The molecule has 1 amide bonds. The van der Waals surface area contributed by atoms with Crippen molar-refractivity contribution in [3.05, 3.63) is 59.7 Å². The van der Waals surface area contributed by atoms with Gasteiger partial charge in [-0.05, 0) is 54.4 Å².